The molecule has 3 heteroatoms. The molecular weight excluding hydrogens is 232 g/mol. The van der Waals surface area contributed by atoms with Gasteiger partial charge in [0.1, 0.15) is 11.6 Å². The first-order chi connectivity index (χ1) is 8.51. The minimum atomic E-state index is -0.760. The van der Waals surface area contributed by atoms with Crippen LogP contribution in [0.3, 0.4) is 0 Å². The van der Waals surface area contributed by atoms with Gasteiger partial charge in [0.25, 0.3) is 0 Å². The first kappa shape index (κ1) is 13.0. The van der Waals surface area contributed by atoms with Gasteiger partial charge in [-0.15, -0.1) is 0 Å². The molecule has 0 bridgehead atoms. The minimum Gasteiger partial charge on any atom is -0.207 e. The van der Waals surface area contributed by atoms with Crippen LogP contribution >= 0.6 is 0 Å². The lowest BCUT2D eigenvalue weighted by molar-refractivity contribution is 0.0458. The van der Waals surface area contributed by atoms with Gasteiger partial charge in [-0.1, -0.05) is 32.8 Å². The van der Waals surface area contributed by atoms with E-state index >= 15 is 0 Å². The normalized spacial score (nSPS) is 19.9. The maximum atomic E-state index is 13.8. The number of hydrogen-bond acceptors (Lipinski definition) is 1. The third-order valence-electron chi connectivity index (χ3n) is 4.51. The van der Waals surface area contributed by atoms with Crippen molar-refractivity contribution in [2.24, 2.45) is 5.41 Å². The second-order valence-electron chi connectivity index (χ2n) is 5.38. The van der Waals surface area contributed by atoms with Gasteiger partial charge in [-0.25, -0.2) is 8.78 Å². The number of nitriles is 1. The topological polar surface area (TPSA) is 23.8 Å². The maximum Gasteiger partial charge on any atom is 0.130 e. The summed E-state index contributed by atoms with van der Waals surface area (Å²) < 4.78 is 26.7. The van der Waals surface area contributed by atoms with E-state index in [0.29, 0.717) is 18.4 Å². The van der Waals surface area contributed by atoms with Crippen LogP contribution in [0.25, 0.3) is 0 Å². The molecule has 1 aliphatic rings. The van der Waals surface area contributed by atoms with Crippen molar-refractivity contribution in [2.45, 2.75) is 44.9 Å². The van der Waals surface area contributed by atoms with Gasteiger partial charge in [-0.05, 0) is 24.3 Å². The van der Waals surface area contributed by atoms with Gasteiger partial charge in [0.15, 0.2) is 0 Å². The largest absolute Gasteiger partial charge is 0.207 e. The van der Waals surface area contributed by atoms with E-state index in [1.54, 1.807) is 0 Å². The van der Waals surface area contributed by atoms with Crippen LogP contribution in [0.5, 0.6) is 0 Å². The fourth-order valence-corrected chi connectivity index (χ4v) is 3.19. The Morgan fingerprint density at radius 3 is 2.28 bits per heavy atom. The van der Waals surface area contributed by atoms with Crippen LogP contribution in [0.15, 0.2) is 18.2 Å². The summed E-state index contributed by atoms with van der Waals surface area (Å²) in [5.41, 5.74) is -0.260. The molecule has 0 aromatic heterocycles. The van der Waals surface area contributed by atoms with E-state index in [0.717, 1.165) is 18.9 Å². The summed E-state index contributed by atoms with van der Waals surface area (Å²) in [6.07, 6.45) is 3.34. The Labute approximate surface area is 106 Å². The lowest BCUT2D eigenvalue weighted by Gasteiger charge is -2.52. The summed E-state index contributed by atoms with van der Waals surface area (Å²) in [4.78, 5) is 0. The second-order valence-corrected chi connectivity index (χ2v) is 5.38. The number of halogens is 2. The molecule has 0 amide bonds. The van der Waals surface area contributed by atoms with Crippen LogP contribution in [0, 0.1) is 28.4 Å². The molecule has 0 unspecified atom stereocenters. The molecule has 1 aliphatic carbocycles. The van der Waals surface area contributed by atoms with Crippen LogP contribution in [0.1, 0.15) is 45.1 Å². The molecule has 1 saturated carbocycles. The Bertz CT molecular complexity index is 490. The zero-order valence-electron chi connectivity index (χ0n) is 10.8. The Balaban J connectivity index is 2.35. The average Bonchev–Trinajstić information content (AvgIpc) is 2.31. The average molecular weight is 249 g/mol. The van der Waals surface area contributed by atoms with E-state index in [9.17, 15) is 14.0 Å². The highest BCUT2D eigenvalue weighted by molar-refractivity contribution is 5.39. The van der Waals surface area contributed by atoms with Crippen molar-refractivity contribution in [2.75, 3.05) is 0 Å². The van der Waals surface area contributed by atoms with Gasteiger partial charge in [0, 0.05) is 11.6 Å². The fraction of sp³-hybridized carbons (Fsp3) is 0.533. The van der Waals surface area contributed by atoms with Crippen LogP contribution in [-0.2, 0) is 5.41 Å². The first-order valence-electron chi connectivity index (χ1n) is 6.38. The standard InChI is InChI=1S/C15H17F2N/c1-3-14(4-2)8-15(9-14,10-18)12-6-5-11(16)7-13(12)17/h5-7H,3-4,8-9H2,1-2H3. The quantitative estimate of drug-likeness (QED) is 0.782. The summed E-state index contributed by atoms with van der Waals surface area (Å²) in [5.74, 6) is -1.20. The molecule has 0 heterocycles. The summed E-state index contributed by atoms with van der Waals surface area (Å²) in [5, 5.41) is 9.40. The van der Waals surface area contributed by atoms with Crippen LogP contribution in [0.2, 0.25) is 0 Å². The van der Waals surface area contributed by atoms with Crippen LogP contribution in [0.4, 0.5) is 8.78 Å². The molecule has 0 spiro atoms. The lowest BCUT2D eigenvalue weighted by atomic mass is 9.49. The summed E-state index contributed by atoms with van der Waals surface area (Å²) in [7, 11) is 0. The molecule has 0 saturated heterocycles. The smallest absolute Gasteiger partial charge is 0.130 e. The fourth-order valence-electron chi connectivity index (χ4n) is 3.19. The van der Waals surface area contributed by atoms with E-state index in [4.69, 9.17) is 0 Å². The number of nitrogens with zero attached hydrogens (tertiary/aromatic N) is 1. The van der Waals surface area contributed by atoms with Gasteiger partial charge < -0.3 is 0 Å². The predicted octanol–water partition coefficient (Wildman–Crippen LogP) is 4.33. The predicted molar refractivity (Wildman–Crippen MR) is 65.9 cm³/mol. The Morgan fingerprint density at radius 1 is 1.22 bits per heavy atom. The summed E-state index contributed by atoms with van der Waals surface area (Å²) in [6.45, 7) is 4.21. The van der Waals surface area contributed by atoms with Gasteiger partial charge in [0.05, 0.1) is 11.5 Å². The highest BCUT2D eigenvalue weighted by atomic mass is 19.1. The minimum absolute atomic E-state index is 0.149. The van der Waals surface area contributed by atoms with Crippen molar-refractivity contribution in [1.82, 2.24) is 0 Å². The monoisotopic (exact) mass is 249 g/mol. The molecule has 0 N–H and O–H groups in total. The van der Waals surface area contributed by atoms with Crippen molar-refractivity contribution in [3.63, 3.8) is 0 Å². The van der Waals surface area contributed by atoms with E-state index in [-0.39, 0.29) is 5.41 Å². The van der Waals surface area contributed by atoms with Crippen LogP contribution < -0.4 is 0 Å². The van der Waals surface area contributed by atoms with Gasteiger partial charge in [-0.3, -0.25) is 0 Å². The first-order valence-corrected chi connectivity index (χ1v) is 6.38. The third kappa shape index (κ3) is 1.80. The molecule has 0 radical (unpaired) electrons. The second kappa shape index (κ2) is 4.35. The molecular formula is C15H17F2N. The summed E-state index contributed by atoms with van der Waals surface area (Å²) >= 11 is 0. The van der Waals surface area contributed by atoms with E-state index in [2.05, 4.69) is 19.9 Å². The number of rotatable bonds is 3. The molecule has 1 aromatic rings. The highest BCUT2D eigenvalue weighted by Gasteiger charge is 2.54. The van der Waals surface area contributed by atoms with Crippen molar-refractivity contribution in [1.29, 1.82) is 5.26 Å². The molecule has 0 aliphatic heterocycles. The maximum absolute atomic E-state index is 13.8. The Hall–Kier alpha value is -1.43. The van der Waals surface area contributed by atoms with Crippen molar-refractivity contribution in [3.05, 3.63) is 35.4 Å². The Kier molecular flexibility index (Phi) is 3.14. The molecule has 1 nitrogen and oxygen atoms in total. The molecule has 1 fully saturated rings. The summed E-state index contributed by atoms with van der Waals surface area (Å²) in [6, 6.07) is 5.77. The van der Waals surface area contributed by atoms with Gasteiger partial charge in [0.2, 0.25) is 0 Å². The van der Waals surface area contributed by atoms with E-state index < -0.39 is 17.0 Å². The zero-order chi connectivity index (χ0) is 13.4. The molecule has 18 heavy (non-hydrogen) atoms. The van der Waals surface area contributed by atoms with Gasteiger partial charge in [-0.2, -0.15) is 5.26 Å². The van der Waals surface area contributed by atoms with Crippen molar-refractivity contribution in [3.8, 4) is 6.07 Å². The Morgan fingerprint density at radius 2 is 1.83 bits per heavy atom. The molecule has 96 valence electrons. The SMILES string of the molecule is CCC1(CC)CC(C#N)(c2ccc(F)cc2F)C1. The molecule has 0 atom stereocenters. The van der Waals surface area contributed by atoms with Gasteiger partial charge >= 0.3 is 0 Å². The van der Waals surface area contributed by atoms with Crippen LogP contribution in [-0.4, -0.2) is 0 Å². The van der Waals surface area contributed by atoms with Crippen molar-refractivity contribution >= 4 is 0 Å². The number of benzene rings is 1. The van der Waals surface area contributed by atoms with E-state index in [1.807, 2.05) is 0 Å². The third-order valence-corrected chi connectivity index (χ3v) is 4.51. The van der Waals surface area contributed by atoms with E-state index in [1.165, 1.54) is 12.1 Å². The van der Waals surface area contributed by atoms with Crippen molar-refractivity contribution < 1.29 is 8.78 Å². The highest BCUT2D eigenvalue weighted by Crippen LogP contribution is 2.59. The zero-order valence-corrected chi connectivity index (χ0v) is 10.8. The molecule has 1 aromatic carbocycles. The molecule has 2 rings (SSSR count). The lowest BCUT2D eigenvalue weighted by Crippen LogP contribution is -2.48. The number of hydrogen-bond donors (Lipinski definition) is 0.